The van der Waals surface area contributed by atoms with E-state index in [1.807, 2.05) is 19.2 Å². The lowest BCUT2D eigenvalue weighted by molar-refractivity contribution is -0.127. The minimum atomic E-state index is -0.0167. The summed E-state index contributed by atoms with van der Waals surface area (Å²) in [6.45, 7) is 1.68. The van der Waals surface area contributed by atoms with Gasteiger partial charge in [-0.1, -0.05) is 6.07 Å². The zero-order valence-corrected chi connectivity index (χ0v) is 15.9. The maximum atomic E-state index is 11.8. The van der Waals surface area contributed by atoms with Crippen molar-refractivity contribution in [3.8, 4) is 0 Å². The molecular formula is C18H26N4O2S. The predicted octanol–water partition coefficient (Wildman–Crippen LogP) is 2.09. The first kappa shape index (κ1) is 19.1. The molecule has 0 aliphatic carbocycles. The molecule has 0 saturated carbocycles. The van der Waals surface area contributed by atoms with Crippen LogP contribution in [0.4, 0.5) is 0 Å². The van der Waals surface area contributed by atoms with Crippen LogP contribution in [0.15, 0.2) is 45.3 Å². The van der Waals surface area contributed by atoms with E-state index in [4.69, 9.17) is 4.42 Å². The van der Waals surface area contributed by atoms with Gasteiger partial charge in [-0.3, -0.25) is 4.79 Å². The molecule has 0 fully saturated rings. The van der Waals surface area contributed by atoms with Crippen LogP contribution in [0.5, 0.6) is 0 Å². The molecule has 7 heteroatoms. The van der Waals surface area contributed by atoms with Gasteiger partial charge in [0, 0.05) is 45.5 Å². The molecular weight excluding hydrogens is 336 g/mol. The standard InChI is InChI=1S/C18H26N4O2S/c1-21(2)17(23)14-20-18(19-10-8-15-6-4-12-24-15)22(3)11-9-16-7-5-13-25-16/h4-7,12-13H,8-11,14H2,1-3H3,(H,19,20). The van der Waals surface area contributed by atoms with Crippen molar-refractivity contribution in [1.82, 2.24) is 15.1 Å². The summed E-state index contributed by atoms with van der Waals surface area (Å²) < 4.78 is 5.35. The van der Waals surface area contributed by atoms with Crippen LogP contribution in [0.3, 0.4) is 0 Å². The number of hydrogen-bond acceptors (Lipinski definition) is 4. The van der Waals surface area contributed by atoms with E-state index in [0.29, 0.717) is 6.54 Å². The van der Waals surface area contributed by atoms with E-state index in [1.54, 1.807) is 36.6 Å². The Kier molecular flexibility index (Phi) is 7.53. The number of guanidine groups is 1. The Bertz CT molecular complexity index is 651. The molecule has 0 bridgehead atoms. The monoisotopic (exact) mass is 362 g/mol. The first-order valence-electron chi connectivity index (χ1n) is 8.30. The van der Waals surface area contributed by atoms with Crippen LogP contribution >= 0.6 is 11.3 Å². The Labute approximate surface area is 153 Å². The van der Waals surface area contributed by atoms with Gasteiger partial charge in [-0.25, -0.2) is 4.99 Å². The largest absolute Gasteiger partial charge is 0.469 e. The summed E-state index contributed by atoms with van der Waals surface area (Å²) in [5.41, 5.74) is 0. The molecule has 0 atom stereocenters. The van der Waals surface area contributed by atoms with Crippen LogP contribution in [0, 0.1) is 0 Å². The van der Waals surface area contributed by atoms with Crippen molar-refractivity contribution < 1.29 is 9.21 Å². The Hall–Kier alpha value is -2.28. The lowest BCUT2D eigenvalue weighted by Crippen LogP contribution is -2.41. The molecule has 0 aliphatic heterocycles. The maximum absolute atomic E-state index is 11.8. The van der Waals surface area contributed by atoms with Gasteiger partial charge in [-0.2, -0.15) is 0 Å². The molecule has 0 unspecified atom stereocenters. The first-order chi connectivity index (χ1) is 12.1. The van der Waals surface area contributed by atoms with Crippen LogP contribution in [0.1, 0.15) is 10.6 Å². The van der Waals surface area contributed by atoms with E-state index in [-0.39, 0.29) is 12.5 Å². The highest BCUT2D eigenvalue weighted by molar-refractivity contribution is 7.09. The minimum Gasteiger partial charge on any atom is -0.469 e. The fourth-order valence-electron chi connectivity index (χ4n) is 2.19. The Morgan fingerprint density at radius 2 is 2.08 bits per heavy atom. The Balaban J connectivity index is 1.91. The van der Waals surface area contributed by atoms with Crippen LogP contribution in [0.2, 0.25) is 0 Å². The number of hydrogen-bond donors (Lipinski definition) is 1. The van der Waals surface area contributed by atoms with Crippen molar-refractivity contribution >= 4 is 23.2 Å². The van der Waals surface area contributed by atoms with Gasteiger partial charge in [0.2, 0.25) is 5.91 Å². The maximum Gasteiger partial charge on any atom is 0.243 e. The SMILES string of the molecule is CN(C)C(=O)CN=C(NCCc1ccco1)N(C)CCc1cccs1. The summed E-state index contributed by atoms with van der Waals surface area (Å²) >= 11 is 1.75. The lowest BCUT2D eigenvalue weighted by atomic mass is 10.3. The highest BCUT2D eigenvalue weighted by Crippen LogP contribution is 2.09. The first-order valence-corrected chi connectivity index (χ1v) is 9.18. The van der Waals surface area contributed by atoms with Crippen molar-refractivity contribution in [2.75, 3.05) is 40.8 Å². The van der Waals surface area contributed by atoms with Crippen molar-refractivity contribution in [3.05, 3.63) is 46.5 Å². The quantitative estimate of drug-likeness (QED) is 0.577. The van der Waals surface area contributed by atoms with Crippen LogP contribution in [-0.4, -0.2) is 62.4 Å². The number of carbonyl (C=O) groups excluding carboxylic acids is 1. The highest BCUT2D eigenvalue weighted by atomic mass is 32.1. The number of thiophene rings is 1. The molecule has 136 valence electrons. The summed E-state index contributed by atoms with van der Waals surface area (Å²) in [7, 11) is 5.47. The molecule has 0 aliphatic rings. The lowest BCUT2D eigenvalue weighted by Gasteiger charge is -2.22. The molecule has 6 nitrogen and oxygen atoms in total. The van der Waals surface area contributed by atoms with E-state index in [1.165, 1.54) is 4.88 Å². The molecule has 0 aromatic carbocycles. The van der Waals surface area contributed by atoms with Crippen LogP contribution in [0.25, 0.3) is 0 Å². The molecule has 2 heterocycles. The van der Waals surface area contributed by atoms with Gasteiger partial charge >= 0.3 is 0 Å². The van der Waals surface area contributed by atoms with E-state index >= 15 is 0 Å². The van der Waals surface area contributed by atoms with Gasteiger partial charge in [0.05, 0.1) is 6.26 Å². The number of furan rings is 1. The van der Waals surface area contributed by atoms with Crippen LogP contribution in [-0.2, 0) is 17.6 Å². The number of nitrogens with zero attached hydrogens (tertiary/aromatic N) is 3. The van der Waals surface area contributed by atoms with Crippen molar-refractivity contribution in [1.29, 1.82) is 0 Å². The third-order valence-electron chi connectivity index (χ3n) is 3.73. The summed E-state index contributed by atoms with van der Waals surface area (Å²) in [6.07, 6.45) is 3.40. The second-order valence-corrected chi connectivity index (χ2v) is 6.97. The topological polar surface area (TPSA) is 61.1 Å². The predicted molar refractivity (Wildman–Crippen MR) is 102 cm³/mol. The van der Waals surface area contributed by atoms with Gasteiger partial charge in [-0.15, -0.1) is 11.3 Å². The van der Waals surface area contributed by atoms with Gasteiger partial charge < -0.3 is 19.5 Å². The van der Waals surface area contributed by atoms with E-state index in [2.05, 4.69) is 32.7 Å². The van der Waals surface area contributed by atoms with Crippen molar-refractivity contribution in [2.24, 2.45) is 4.99 Å². The number of nitrogens with one attached hydrogen (secondary N) is 1. The third kappa shape index (κ3) is 6.62. The van der Waals surface area contributed by atoms with Crippen molar-refractivity contribution in [3.63, 3.8) is 0 Å². The smallest absolute Gasteiger partial charge is 0.243 e. The van der Waals surface area contributed by atoms with E-state index in [0.717, 1.165) is 31.1 Å². The number of rotatable bonds is 8. The molecule has 2 aromatic heterocycles. The summed E-state index contributed by atoms with van der Waals surface area (Å²) in [5.74, 6) is 1.65. The molecule has 0 saturated heterocycles. The van der Waals surface area contributed by atoms with E-state index < -0.39 is 0 Å². The molecule has 1 N–H and O–H groups in total. The number of aliphatic imine (C=N–C) groups is 1. The van der Waals surface area contributed by atoms with Gasteiger partial charge in [0.1, 0.15) is 12.3 Å². The molecule has 25 heavy (non-hydrogen) atoms. The van der Waals surface area contributed by atoms with Crippen LogP contribution < -0.4 is 5.32 Å². The number of amides is 1. The molecule has 2 aromatic rings. The summed E-state index contributed by atoms with van der Waals surface area (Å²) in [5, 5.41) is 5.42. The second-order valence-electron chi connectivity index (χ2n) is 5.94. The second kappa shape index (κ2) is 9.88. The van der Waals surface area contributed by atoms with Gasteiger partial charge in [0.15, 0.2) is 5.96 Å². The fraction of sp³-hybridized carbons (Fsp3) is 0.444. The normalized spacial score (nSPS) is 11.4. The zero-order valence-electron chi connectivity index (χ0n) is 15.1. The average molecular weight is 362 g/mol. The Morgan fingerprint density at radius 1 is 1.24 bits per heavy atom. The summed E-state index contributed by atoms with van der Waals surface area (Å²) in [4.78, 5) is 21.3. The van der Waals surface area contributed by atoms with E-state index in [9.17, 15) is 4.79 Å². The molecule has 2 rings (SSSR count). The molecule has 0 spiro atoms. The van der Waals surface area contributed by atoms with Gasteiger partial charge in [-0.05, 0) is 30.0 Å². The fourth-order valence-corrected chi connectivity index (χ4v) is 2.88. The number of likely N-dealkylation sites (N-methyl/N-ethyl adjacent to an activating group) is 2. The van der Waals surface area contributed by atoms with Crippen molar-refractivity contribution in [2.45, 2.75) is 12.8 Å². The average Bonchev–Trinajstić information content (AvgIpc) is 3.28. The Morgan fingerprint density at radius 3 is 2.72 bits per heavy atom. The molecule has 1 amide bonds. The highest BCUT2D eigenvalue weighted by Gasteiger charge is 2.10. The minimum absolute atomic E-state index is 0.0167. The summed E-state index contributed by atoms with van der Waals surface area (Å²) in [6, 6.07) is 8.03. The zero-order chi connectivity index (χ0) is 18.1. The number of carbonyl (C=O) groups is 1. The third-order valence-corrected chi connectivity index (χ3v) is 4.67. The molecule has 0 radical (unpaired) electrons. The van der Waals surface area contributed by atoms with Gasteiger partial charge in [0.25, 0.3) is 0 Å².